The Morgan fingerprint density at radius 3 is 2.79 bits per heavy atom. The number of nitrogens with one attached hydrogen (secondary N) is 1. The Labute approximate surface area is 174 Å². The third-order valence-corrected chi connectivity index (χ3v) is 8.65. The fourth-order valence-electron chi connectivity index (χ4n) is 3.70. The van der Waals surface area contributed by atoms with Gasteiger partial charge in [0.05, 0.1) is 23.2 Å². The number of fused-ring (bicyclic) bond motifs is 2. The van der Waals surface area contributed by atoms with Crippen molar-refractivity contribution in [3.63, 3.8) is 0 Å². The van der Waals surface area contributed by atoms with Crippen molar-refractivity contribution in [3.05, 3.63) is 48.0 Å². The van der Waals surface area contributed by atoms with Crippen LogP contribution in [-0.2, 0) is 14.8 Å². The fourth-order valence-corrected chi connectivity index (χ4v) is 6.37. The molecule has 1 fully saturated rings. The number of sulfonamides is 1. The Bertz CT molecular complexity index is 1040. The number of nitrogens with zero attached hydrogens (tertiary/aromatic N) is 1. The predicted molar refractivity (Wildman–Crippen MR) is 113 cm³/mol. The Balaban J connectivity index is 1.55. The summed E-state index contributed by atoms with van der Waals surface area (Å²) in [5, 5.41) is 2.68. The first kappa shape index (κ1) is 20.1. The molecule has 154 valence electrons. The topological polar surface area (TPSA) is 102 Å². The van der Waals surface area contributed by atoms with E-state index in [9.17, 15) is 13.2 Å². The van der Waals surface area contributed by atoms with E-state index in [1.807, 2.05) is 36.4 Å². The number of benzene rings is 2. The zero-order valence-electron chi connectivity index (χ0n) is 16.0. The number of ether oxygens (including phenoxy) is 1. The first-order valence-corrected chi connectivity index (χ1v) is 11.8. The summed E-state index contributed by atoms with van der Waals surface area (Å²) in [7, 11) is -3.60. The highest BCUT2D eigenvalue weighted by molar-refractivity contribution is 7.99. The number of anilines is 2. The molecule has 2 atom stereocenters. The molecule has 0 bridgehead atoms. The van der Waals surface area contributed by atoms with Crippen molar-refractivity contribution in [2.75, 3.05) is 18.4 Å². The molecule has 1 amide bonds. The summed E-state index contributed by atoms with van der Waals surface area (Å²) in [6.07, 6.45) is -0.131. The lowest BCUT2D eigenvalue weighted by atomic mass is 10.1. The number of hydrogen-bond acceptors (Lipinski definition) is 6. The van der Waals surface area contributed by atoms with Gasteiger partial charge in [0.1, 0.15) is 6.10 Å². The van der Waals surface area contributed by atoms with Crippen molar-refractivity contribution in [1.82, 2.24) is 4.31 Å². The number of hydrogen-bond donors (Lipinski definition) is 2. The second-order valence-electron chi connectivity index (χ2n) is 7.23. The maximum atomic E-state index is 13.2. The molecule has 0 spiro atoms. The standard InChI is InChI=1S/C20H23N3O4S2/c1-13(29(25,26)23-10-4-5-15(12-23)27-20(21)24)14-8-9-19-17(11-14)22-16-6-2-3-7-18(16)28-19/h2-3,6-9,11,13,15,22H,4-5,10,12H2,1H3,(H2,21,24)/t13?,15-/m1/s1. The number of para-hydroxylation sites is 1. The Hall–Kier alpha value is -2.23. The normalized spacial score (nSPS) is 20.1. The Kier molecular flexibility index (Phi) is 5.46. The maximum absolute atomic E-state index is 13.2. The molecule has 0 aromatic heterocycles. The molecule has 2 aromatic rings. The first-order chi connectivity index (χ1) is 13.8. The lowest BCUT2D eigenvalue weighted by Crippen LogP contribution is -2.45. The van der Waals surface area contributed by atoms with Gasteiger partial charge in [-0.05, 0) is 49.6 Å². The molecule has 2 aromatic carbocycles. The molecule has 0 aliphatic carbocycles. The van der Waals surface area contributed by atoms with Crippen molar-refractivity contribution >= 4 is 39.3 Å². The molecule has 0 radical (unpaired) electrons. The van der Waals surface area contributed by atoms with E-state index in [0.29, 0.717) is 24.9 Å². The Morgan fingerprint density at radius 2 is 2.00 bits per heavy atom. The molecule has 0 saturated carbocycles. The van der Waals surface area contributed by atoms with Gasteiger partial charge in [-0.2, -0.15) is 4.31 Å². The molecule has 2 heterocycles. The van der Waals surface area contributed by atoms with Crippen LogP contribution in [0.15, 0.2) is 52.3 Å². The minimum Gasteiger partial charge on any atom is -0.445 e. The highest BCUT2D eigenvalue weighted by atomic mass is 32.2. The minimum atomic E-state index is -3.60. The van der Waals surface area contributed by atoms with Crippen LogP contribution in [0.5, 0.6) is 0 Å². The van der Waals surface area contributed by atoms with E-state index in [1.54, 1.807) is 18.7 Å². The van der Waals surface area contributed by atoms with Gasteiger partial charge >= 0.3 is 6.09 Å². The van der Waals surface area contributed by atoms with Gasteiger partial charge in [0.15, 0.2) is 0 Å². The predicted octanol–water partition coefficient (Wildman–Crippen LogP) is 3.85. The zero-order valence-corrected chi connectivity index (χ0v) is 17.6. The van der Waals surface area contributed by atoms with E-state index >= 15 is 0 Å². The smallest absolute Gasteiger partial charge is 0.404 e. The lowest BCUT2D eigenvalue weighted by molar-refractivity contribution is 0.0708. The van der Waals surface area contributed by atoms with Crippen molar-refractivity contribution < 1.29 is 17.9 Å². The Morgan fingerprint density at radius 1 is 1.24 bits per heavy atom. The van der Waals surface area contributed by atoms with Crippen molar-refractivity contribution in [1.29, 1.82) is 0 Å². The third kappa shape index (κ3) is 4.08. The van der Waals surface area contributed by atoms with Crippen molar-refractivity contribution in [2.45, 2.75) is 40.9 Å². The molecule has 1 unspecified atom stereocenters. The second kappa shape index (κ2) is 7.89. The molecule has 2 aliphatic heterocycles. The highest BCUT2D eigenvalue weighted by Crippen LogP contribution is 2.45. The monoisotopic (exact) mass is 433 g/mol. The summed E-state index contributed by atoms with van der Waals surface area (Å²) in [5.41, 5.74) is 7.72. The van der Waals surface area contributed by atoms with E-state index in [4.69, 9.17) is 10.5 Å². The summed E-state index contributed by atoms with van der Waals surface area (Å²) in [5.74, 6) is 0. The highest BCUT2D eigenvalue weighted by Gasteiger charge is 2.35. The average Bonchev–Trinajstić information content (AvgIpc) is 2.71. The second-order valence-corrected chi connectivity index (χ2v) is 10.6. The number of piperidine rings is 1. The number of amides is 1. The largest absolute Gasteiger partial charge is 0.445 e. The molecule has 3 N–H and O–H groups in total. The fraction of sp³-hybridized carbons (Fsp3) is 0.350. The van der Waals surface area contributed by atoms with Gasteiger partial charge in [0, 0.05) is 16.3 Å². The number of nitrogens with two attached hydrogens (primary N) is 1. The van der Waals surface area contributed by atoms with Crippen LogP contribution in [0.25, 0.3) is 0 Å². The van der Waals surface area contributed by atoms with E-state index in [0.717, 1.165) is 21.2 Å². The zero-order chi connectivity index (χ0) is 20.6. The molecule has 1 saturated heterocycles. The van der Waals surface area contributed by atoms with E-state index in [1.165, 1.54) is 4.31 Å². The average molecular weight is 434 g/mol. The molecular formula is C20H23N3O4S2. The van der Waals surface area contributed by atoms with Crippen molar-refractivity contribution in [2.24, 2.45) is 5.73 Å². The molecule has 9 heteroatoms. The van der Waals surface area contributed by atoms with E-state index in [-0.39, 0.29) is 6.54 Å². The number of carbonyl (C=O) groups is 1. The van der Waals surface area contributed by atoms with Crippen LogP contribution in [-0.4, -0.2) is 38.0 Å². The van der Waals surface area contributed by atoms with E-state index in [2.05, 4.69) is 11.4 Å². The van der Waals surface area contributed by atoms with Crippen LogP contribution in [0.3, 0.4) is 0 Å². The summed E-state index contributed by atoms with van der Waals surface area (Å²) >= 11 is 1.66. The van der Waals surface area contributed by atoms with Gasteiger partial charge < -0.3 is 15.8 Å². The minimum absolute atomic E-state index is 0.141. The van der Waals surface area contributed by atoms with Gasteiger partial charge in [-0.3, -0.25) is 0 Å². The number of primary amides is 1. The van der Waals surface area contributed by atoms with Crippen LogP contribution in [0, 0.1) is 0 Å². The maximum Gasteiger partial charge on any atom is 0.404 e. The number of rotatable bonds is 4. The van der Waals surface area contributed by atoms with Crippen LogP contribution in [0.4, 0.5) is 16.2 Å². The number of carbonyl (C=O) groups excluding carboxylic acids is 1. The molecule has 29 heavy (non-hydrogen) atoms. The van der Waals surface area contributed by atoms with Crippen LogP contribution < -0.4 is 11.1 Å². The summed E-state index contributed by atoms with van der Waals surface area (Å²) in [6.45, 7) is 2.25. The third-order valence-electron chi connectivity index (χ3n) is 5.28. The molecular weight excluding hydrogens is 410 g/mol. The van der Waals surface area contributed by atoms with Crippen LogP contribution in [0.2, 0.25) is 0 Å². The SMILES string of the molecule is CC(c1ccc2c(c1)Nc1ccccc1S2)S(=O)(=O)N1CCC[C@@H](OC(N)=O)C1. The van der Waals surface area contributed by atoms with E-state index < -0.39 is 27.5 Å². The first-order valence-electron chi connectivity index (χ1n) is 9.47. The van der Waals surface area contributed by atoms with Gasteiger partial charge in [-0.15, -0.1) is 0 Å². The summed E-state index contributed by atoms with van der Waals surface area (Å²) in [6, 6.07) is 13.7. The summed E-state index contributed by atoms with van der Waals surface area (Å²) in [4.78, 5) is 13.2. The molecule has 2 aliphatic rings. The lowest BCUT2D eigenvalue weighted by Gasteiger charge is -2.33. The molecule has 7 nitrogen and oxygen atoms in total. The van der Waals surface area contributed by atoms with Crippen LogP contribution >= 0.6 is 11.8 Å². The summed E-state index contributed by atoms with van der Waals surface area (Å²) < 4.78 is 32.9. The van der Waals surface area contributed by atoms with Crippen LogP contribution in [0.1, 0.15) is 30.6 Å². The van der Waals surface area contributed by atoms with Gasteiger partial charge in [-0.1, -0.05) is 30.0 Å². The van der Waals surface area contributed by atoms with Gasteiger partial charge in [0.25, 0.3) is 0 Å². The van der Waals surface area contributed by atoms with Gasteiger partial charge in [0.2, 0.25) is 10.0 Å². The molecule has 4 rings (SSSR count). The quantitative estimate of drug-likeness (QED) is 0.648. The van der Waals surface area contributed by atoms with Gasteiger partial charge in [-0.25, -0.2) is 13.2 Å². The van der Waals surface area contributed by atoms with Crippen molar-refractivity contribution in [3.8, 4) is 0 Å².